The first kappa shape index (κ1) is 14.7. The van der Waals surface area contributed by atoms with Crippen molar-refractivity contribution in [2.75, 3.05) is 19.6 Å². The highest BCUT2D eigenvalue weighted by Crippen LogP contribution is 2.58. The Morgan fingerprint density at radius 1 is 1.33 bits per heavy atom. The quantitative estimate of drug-likeness (QED) is 0.926. The van der Waals surface area contributed by atoms with Crippen LogP contribution in [0.3, 0.4) is 0 Å². The smallest absolute Gasteiger partial charge is 0.255 e. The van der Waals surface area contributed by atoms with Gasteiger partial charge in [0.1, 0.15) is 0 Å². The number of amides is 1. The molecule has 1 aromatic carbocycles. The van der Waals surface area contributed by atoms with E-state index in [1.165, 1.54) is 0 Å². The predicted octanol–water partition coefficient (Wildman–Crippen LogP) is 2.54. The van der Waals surface area contributed by atoms with Gasteiger partial charge in [-0.3, -0.25) is 9.69 Å². The van der Waals surface area contributed by atoms with Crippen LogP contribution >= 0.6 is 11.6 Å². The Kier molecular flexibility index (Phi) is 3.88. The molecule has 1 aliphatic carbocycles. The summed E-state index contributed by atoms with van der Waals surface area (Å²) < 4.78 is 26.6. The Hall–Kier alpha value is -1.20. The number of nitrogens with one attached hydrogen (secondary N) is 1. The summed E-state index contributed by atoms with van der Waals surface area (Å²) in [4.78, 5) is 13.7. The normalized spacial score (nSPS) is 27.0. The number of alkyl halides is 2. The van der Waals surface area contributed by atoms with Gasteiger partial charge in [-0.25, -0.2) is 8.78 Å². The molecule has 2 atom stereocenters. The van der Waals surface area contributed by atoms with Crippen molar-refractivity contribution in [3.8, 4) is 0 Å². The third kappa shape index (κ3) is 3.19. The van der Waals surface area contributed by atoms with Gasteiger partial charge in [0.15, 0.2) is 0 Å². The van der Waals surface area contributed by atoms with Crippen LogP contribution in [0.1, 0.15) is 12.0 Å². The van der Waals surface area contributed by atoms with Crippen LogP contribution in [-0.2, 0) is 11.3 Å². The van der Waals surface area contributed by atoms with Gasteiger partial charge < -0.3 is 5.32 Å². The number of halogens is 3. The molecule has 2 aliphatic rings. The third-order valence-electron chi connectivity index (χ3n) is 4.35. The van der Waals surface area contributed by atoms with Crippen molar-refractivity contribution >= 4 is 17.5 Å². The van der Waals surface area contributed by atoms with Gasteiger partial charge in [-0.05, 0) is 30.7 Å². The van der Waals surface area contributed by atoms with E-state index in [0.29, 0.717) is 31.1 Å². The van der Waals surface area contributed by atoms with E-state index in [1.807, 2.05) is 17.0 Å². The predicted molar refractivity (Wildman–Crippen MR) is 76.3 cm³/mol. The second-order valence-electron chi connectivity index (χ2n) is 5.81. The number of likely N-dealkylation sites (tertiary alicyclic amines) is 1. The van der Waals surface area contributed by atoms with Gasteiger partial charge in [0.25, 0.3) is 5.92 Å². The van der Waals surface area contributed by atoms with E-state index in [2.05, 4.69) is 5.32 Å². The van der Waals surface area contributed by atoms with Gasteiger partial charge in [-0.2, -0.15) is 0 Å². The van der Waals surface area contributed by atoms with Gasteiger partial charge in [0.2, 0.25) is 5.91 Å². The fourth-order valence-corrected chi connectivity index (χ4v) is 3.13. The number of piperidine rings is 1. The second-order valence-corrected chi connectivity index (χ2v) is 6.25. The van der Waals surface area contributed by atoms with Crippen molar-refractivity contribution in [2.45, 2.75) is 18.9 Å². The van der Waals surface area contributed by atoms with E-state index in [1.54, 1.807) is 12.1 Å². The molecule has 0 unspecified atom stereocenters. The van der Waals surface area contributed by atoms with Crippen LogP contribution in [0.4, 0.5) is 8.78 Å². The van der Waals surface area contributed by atoms with Gasteiger partial charge in [-0.1, -0.05) is 23.7 Å². The minimum absolute atomic E-state index is 0.132. The van der Waals surface area contributed by atoms with Crippen molar-refractivity contribution in [2.24, 2.45) is 11.8 Å². The monoisotopic (exact) mass is 314 g/mol. The summed E-state index contributed by atoms with van der Waals surface area (Å²) in [5.74, 6) is -3.64. The molecule has 3 rings (SSSR count). The summed E-state index contributed by atoms with van der Waals surface area (Å²) in [6.45, 7) is 1.51. The molecule has 1 heterocycles. The van der Waals surface area contributed by atoms with E-state index in [4.69, 9.17) is 11.6 Å². The van der Waals surface area contributed by atoms with Crippen LogP contribution in [0.2, 0.25) is 5.02 Å². The van der Waals surface area contributed by atoms with Crippen molar-refractivity contribution in [1.29, 1.82) is 0 Å². The number of hydrogen-bond donors (Lipinski definition) is 1. The molecule has 0 bridgehead atoms. The van der Waals surface area contributed by atoms with Crippen LogP contribution in [0.25, 0.3) is 0 Å². The molecule has 1 amide bonds. The maximum absolute atomic E-state index is 13.3. The number of fused-ring (bicyclic) bond motifs is 1. The molecule has 6 heteroatoms. The zero-order valence-corrected chi connectivity index (χ0v) is 12.2. The Morgan fingerprint density at radius 2 is 2.05 bits per heavy atom. The third-order valence-corrected chi connectivity index (χ3v) is 4.60. The highest BCUT2D eigenvalue weighted by atomic mass is 35.5. The first-order chi connectivity index (χ1) is 9.96. The standard InChI is InChI=1S/C15H17ClF2N2O/c16-11-3-1-10(2-4-11)7-19-14(21)9-20-6-5-12-13(8-20)15(12,17)18/h1-4,12-13H,5-9H2,(H,19,21)/t12-,13+/m0/s1. The number of hydrogen-bond acceptors (Lipinski definition) is 2. The summed E-state index contributed by atoms with van der Waals surface area (Å²) in [5, 5.41) is 3.45. The number of carbonyl (C=O) groups is 1. The van der Waals surface area contributed by atoms with Crippen molar-refractivity contribution < 1.29 is 13.6 Å². The Bertz CT molecular complexity index is 535. The fourth-order valence-electron chi connectivity index (χ4n) is 3.00. The fraction of sp³-hybridized carbons (Fsp3) is 0.533. The average Bonchev–Trinajstić information content (AvgIpc) is 3.00. The summed E-state index contributed by atoms with van der Waals surface area (Å²) in [7, 11) is 0. The van der Waals surface area contributed by atoms with Crippen LogP contribution in [0.5, 0.6) is 0 Å². The first-order valence-electron chi connectivity index (χ1n) is 7.08. The highest BCUT2D eigenvalue weighted by molar-refractivity contribution is 6.30. The molecule has 114 valence electrons. The largest absolute Gasteiger partial charge is 0.351 e. The van der Waals surface area contributed by atoms with Crippen LogP contribution in [0.15, 0.2) is 24.3 Å². The van der Waals surface area contributed by atoms with Gasteiger partial charge in [0, 0.05) is 29.9 Å². The lowest BCUT2D eigenvalue weighted by molar-refractivity contribution is -0.122. The number of benzene rings is 1. The summed E-state index contributed by atoms with van der Waals surface area (Å²) in [5.41, 5.74) is 0.959. The first-order valence-corrected chi connectivity index (χ1v) is 7.46. The summed E-state index contributed by atoms with van der Waals surface area (Å²) in [6.07, 6.45) is 0.488. The van der Waals surface area contributed by atoms with E-state index < -0.39 is 17.8 Å². The minimum Gasteiger partial charge on any atom is -0.351 e. The number of carbonyl (C=O) groups excluding carboxylic acids is 1. The molecule has 0 radical (unpaired) electrons. The molecule has 1 aromatic rings. The molecule has 21 heavy (non-hydrogen) atoms. The van der Waals surface area contributed by atoms with Crippen LogP contribution in [-0.4, -0.2) is 36.4 Å². The molecule has 1 aliphatic heterocycles. The number of nitrogens with zero attached hydrogens (tertiary/aromatic N) is 1. The Labute approximate surface area is 127 Å². The molecular weight excluding hydrogens is 298 g/mol. The molecule has 3 nitrogen and oxygen atoms in total. The van der Waals surface area contributed by atoms with Gasteiger partial charge in [0.05, 0.1) is 6.54 Å². The Morgan fingerprint density at radius 3 is 2.71 bits per heavy atom. The van der Waals surface area contributed by atoms with E-state index in [9.17, 15) is 13.6 Å². The van der Waals surface area contributed by atoms with E-state index in [-0.39, 0.29) is 12.5 Å². The second kappa shape index (κ2) is 5.54. The zero-order chi connectivity index (χ0) is 15.0. The molecule has 1 saturated carbocycles. The van der Waals surface area contributed by atoms with E-state index >= 15 is 0 Å². The Balaban J connectivity index is 1.43. The molecule has 1 saturated heterocycles. The molecule has 1 N–H and O–H groups in total. The average molecular weight is 315 g/mol. The van der Waals surface area contributed by atoms with Crippen LogP contribution < -0.4 is 5.32 Å². The summed E-state index contributed by atoms with van der Waals surface area (Å²) >= 11 is 5.79. The molecule has 2 fully saturated rings. The lowest BCUT2D eigenvalue weighted by Crippen LogP contribution is -2.40. The van der Waals surface area contributed by atoms with E-state index in [0.717, 1.165) is 5.56 Å². The minimum atomic E-state index is -2.51. The zero-order valence-electron chi connectivity index (χ0n) is 11.5. The molecular formula is C15H17ClF2N2O. The van der Waals surface area contributed by atoms with Crippen molar-refractivity contribution in [1.82, 2.24) is 10.2 Å². The highest BCUT2D eigenvalue weighted by Gasteiger charge is 2.68. The molecule has 0 aromatic heterocycles. The van der Waals surface area contributed by atoms with Crippen molar-refractivity contribution in [3.63, 3.8) is 0 Å². The topological polar surface area (TPSA) is 32.3 Å². The maximum atomic E-state index is 13.3. The number of rotatable bonds is 4. The van der Waals surface area contributed by atoms with Gasteiger partial charge in [-0.15, -0.1) is 0 Å². The SMILES string of the molecule is O=C(CN1CC[C@H]2[C@@H](C1)C2(F)F)NCc1ccc(Cl)cc1. The molecule has 0 spiro atoms. The summed E-state index contributed by atoms with van der Waals surface area (Å²) in [6, 6.07) is 7.23. The van der Waals surface area contributed by atoms with Crippen LogP contribution in [0, 0.1) is 11.8 Å². The van der Waals surface area contributed by atoms with Gasteiger partial charge >= 0.3 is 0 Å². The lowest BCUT2D eigenvalue weighted by Gasteiger charge is -2.24. The van der Waals surface area contributed by atoms with Crippen molar-refractivity contribution in [3.05, 3.63) is 34.9 Å². The maximum Gasteiger partial charge on any atom is 0.255 e. The lowest BCUT2D eigenvalue weighted by atomic mass is 10.1.